The smallest absolute Gasteiger partial charge is 0.371 e. The number of hydrogen-bond donors (Lipinski definition) is 2. The van der Waals surface area contributed by atoms with Crippen LogP contribution in [0.1, 0.15) is 27.8 Å². The molecule has 3 atom stereocenters. The summed E-state index contributed by atoms with van der Waals surface area (Å²) in [5.74, 6) is -4.60. The van der Waals surface area contributed by atoms with E-state index in [1.54, 1.807) is 0 Å². The number of carbonyl (C=O) groups excluding carboxylic acids is 1. The van der Waals surface area contributed by atoms with Crippen molar-refractivity contribution in [2.45, 2.75) is 19.2 Å². The zero-order valence-corrected chi connectivity index (χ0v) is 18.2. The maximum atomic E-state index is 14.6. The SMILES string of the molecule is CC1C(=O)c2c(OCC(F)COc3cccc4oc(C(=O)O)cc(=O)c34)cccc2OC1C(=O)O. The van der Waals surface area contributed by atoms with Crippen molar-refractivity contribution >= 4 is 28.7 Å². The Morgan fingerprint density at radius 1 is 1.06 bits per heavy atom. The van der Waals surface area contributed by atoms with Crippen LogP contribution in [0.5, 0.6) is 17.2 Å². The van der Waals surface area contributed by atoms with Gasteiger partial charge in [0.2, 0.25) is 11.9 Å². The molecule has 2 heterocycles. The van der Waals surface area contributed by atoms with E-state index < -0.39 is 60.3 Å². The van der Waals surface area contributed by atoms with Gasteiger partial charge in [-0.15, -0.1) is 0 Å². The Hall–Kier alpha value is -4.41. The van der Waals surface area contributed by atoms with Crippen LogP contribution in [0.2, 0.25) is 0 Å². The summed E-state index contributed by atoms with van der Waals surface area (Å²) in [6.45, 7) is 0.395. The van der Waals surface area contributed by atoms with Crippen LogP contribution in [0.4, 0.5) is 4.39 Å². The zero-order valence-electron chi connectivity index (χ0n) is 18.2. The molecular weight excluding hydrogens is 467 g/mol. The summed E-state index contributed by atoms with van der Waals surface area (Å²) in [5.41, 5.74) is -0.650. The highest BCUT2D eigenvalue weighted by Crippen LogP contribution is 2.37. The minimum Gasteiger partial charge on any atom is -0.490 e. The van der Waals surface area contributed by atoms with Gasteiger partial charge in [0.1, 0.15) is 47.0 Å². The normalized spacial score (nSPS) is 17.8. The number of rotatable bonds is 8. The van der Waals surface area contributed by atoms with Crippen molar-refractivity contribution in [1.29, 1.82) is 0 Å². The van der Waals surface area contributed by atoms with Crippen molar-refractivity contribution < 1.29 is 47.6 Å². The molecule has 2 aromatic carbocycles. The first-order chi connectivity index (χ1) is 16.7. The average Bonchev–Trinajstić information content (AvgIpc) is 2.82. The third-order valence-electron chi connectivity index (χ3n) is 5.37. The topological polar surface area (TPSA) is 150 Å². The Labute approximate surface area is 196 Å². The number of carboxylic acid groups (broad SMARTS) is 2. The first-order valence-electron chi connectivity index (χ1n) is 10.4. The second-order valence-electron chi connectivity index (χ2n) is 7.79. The number of halogens is 1. The van der Waals surface area contributed by atoms with Gasteiger partial charge in [-0.1, -0.05) is 19.1 Å². The van der Waals surface area contributed by atoms with Crippen molar-refractivity contribution in [3.63, 3.8) is 0 Å². The third-order valence-corrected chi connectivity index (χ3v) is 5.37. The number of alkyl halides is 1. The number of benzene rings is 2. The number of aromatic carboxylic acids is 1. The fourth-order valence-electron chi connectivity index (χ4n) is 3.65. The lowest BCUT2D eigenvalue weighted by atomic mass is 9.90. The van der Waals surface area contributed by atoms with Crippen molar-refractivity contribution in [3.8, 4) is 17.2 Å². The van der Waals surface area contributed by atoms with Crippen molar-refractivity contribution in [3.05, 3.63) is 64.0 Å². The molecule has 3 unspecified atom stereocenters. The van der Waals surface area contributed by atoms with E-state index in [9.17, 15) is 28.7 Å². The molecule has 35 heavy (non-hydrogen) atoms. The van der Waals surface area contributed by atoms with Gasteiger partial charge in [0.15, 0.2) is 17.4 Å². The monoisotopic (exact) mass is 486 g/mol. The van der Waals surface area contributed by atoms with E-state index in [0.717, 1.165) is 6.07 Å². The minimum absolute atomic E-state index is 0.00467. The first-order valence-corrected chi connectivity index (χ1v) is 10.4. The Morgan fingerprint density at radius 2 is 1.71 bits per heavy atom. The van der Waals surface area contributed by atoms with Crippen LogP contribution in [0, 0.1) is 5.92 Å². The molecule has 182 valence electrons. The van der Waals surface area contributed by atoms with Gasteiger partial charge < -0.3 is 28.8 Å². The molecular formula is C24H19FO10. The summed E-state index contributed by atoms with van der Waals surface area (Å²) < 4.78 is 36.1. The molecule has 0 amide bonds. The Morgan fingerprint density at radius 3 is 2.40 bits per heavy atom. The number of fused-ring (bicyclic) bond motifs is 2. The molecule has 2 N–H and O–H groups in total. The van der Waals surface area contributed by atoms with Gasteiger partial charge in [0, 0.05) is 6.07 Å². The highest BCUT2D eigenvalue weighted by molar-refractivity contribution is 6.06. The van der Waals surface area contributed by atoms with Crippen molar-refractivity contribution in [1.82, 2.24) is 0 Å². The second-order valence-corrected chi connectivity index (χ2v) is 7.79. The fourth-order valence-corrected chi connectivity index (χ4v) is 3.65. The van der Waals surface area contributed by atoms with Gasteiger partial charge in [-0.25, -0.2) is 14.0 Å². The van der Waals surface area contributed by atoms with E-state index >= 15 is 0 Å². The highest BCUT2D eigenvalue weighted by Gasteiger charge is 2.40. The molecule has 10 nitrogen and oxygen atoms in total. The number of aliphatic carboxylic acids is 1. The average molecular weight is 486 g/mol. The van der Waals surface area contributed by atoms with E-state index in [-0.39, 0.29) is 33.8 Å². The maximum absolute atomic E-state index is 14.6. The number of hydrogen-bond acceptors (Lipinski definition) is 8. The molecule has 0 fully saturated rings. The summed E-state index contributed by atoms with van der Waals surface area (Å²) in [5, 5.41) is 18.2. The molecule has 0 radical (unpaired) electrons. The van der Waals surface area contributed by atoms with Crippen molar-refractivity contribution in [2.75, 3.05) is 13.2 Å². The zero-order chi connectivity index (χ0) is 25.3. The van der Waals surface area contributed by atoms with Crippen LogP contribution in [-0.4, -0.2) is 53.4 Å². The van der Waals surface area contributed by atoms with E-state index in [1.165, 1.54) is 43.3 Å². The molecule has 0 aliphatic carbocycles. The lowest BCUT2D eigenvalue weighted by Gasteiger charge is -2.28. The van der Waals surface area contributed by atoms with E-state index in [4.69, 9.17) is 23.7 Å². The predicted octanol–water partition coefficient (Wildman–Crippen LogP) is 2.95. The highest BCUT2D eigenvalue weighted by atomic mass is 19.1. The van der Waals surface area contributed by atoms with Gasteiger partial charge in [-0.2, -0.15) is 0 Å². The minimum atomic E-state index is -1.68. The Balaban J connectivity index is 1.46. The number of Topliss-reactive ketones (excluding diaryl/α,β-unsaturated/α-hetero) is 1. The molecule has 4 rings (SSSR count). The van der Waals surface area contributed by atoms with Crippen LogP contribution >= 0.6 is 0 Å². The summed E-state index contributed by atoms with van der Waals surface area (Å²) in [6, 6.07) is 9.43. The quantitative estimate of drug-likeness (QED) is 0.486. The molecule has 1 aromatic heterocycles. The summed E-state index contributed by atoms with van der Waals surface area (Å²) in [6.07, 6.45) is -3.02. The number of carboxylic acids is 2. The molecule has 3 aromatic rings. The largest absolute Gasteiger partial charge is 0.490 e. The molecule has 11 heteroatoms. The lowest BCUT2D eigenvalue weighted by molar-refractivity contribution is -0.147. The van der Waals surface area contributed by atoms with Crippen molar-refractivity contribution in [2.24, 2.45) is 5.92 Å². The van der Waals surface area contributed by atoms with Gasteiger partial charge in [-0.05, 0) is 24.3 Å². The second kappa shape index (κ2) is 9.45. The maximum Gasteiger partial charge on any atom is 0.371 e. The standard InChI is InChI=1S/C24H19FO10/c1-11-21(27)20-15(5-3-7-17(20)35-22(11)24(30)31)33-10-12(25)9-32-14-4-2-6-16-19(14)13(26)8-18(34-16)23(28)29/h2-8,11-12,22H,9-10H2,1H3,(H,28,29)(H,30,31). The summed E-state index contributed by atoms with van der Waals surface area (Å²) in [7, 11) is 0. The van der Waals surface area contributed by atoms with E-state index in [0.29, 0.717) is 0 Å². The third kappa shape index (κ3) is 4.65. The Kier molecular flexibility index (Phi) is 6.41. The van der Waals surface area contributed by atoms with Gasteiger partial charge in [0.05, 0.1) is 5.92 Å². The van der Waals surface area contributed by atoms with E-state index in [2.05, 4.69) is 0 Å². The molecule has 1 aliphatic heterocycles. The lowest BCUT2D eigenvalue weighted by Crippen LogP contribution is -2.41. The molecule has 0 bridgehead atoms. The summed E-state index contributed by atoms with van der Waals surface area (Å²) >= 11 is 0. The van der Waals surface area contributed by atoms with Crippen LogP contribution in [0.3, 0.4) is 0 Å². The fraction of sp³-hybridized carbons (Fsp3) is 0.250. The number of ketones is 1. The molecule has 0 saturated carbocycles. The number of carbonyl (C=O) groups is 3. The molecule has 1 aliphatic rings. The van der Waals surface area contributed by atoms with Gasteiger partial charge >= 0.3 is 11.9 Å². The Bertz CT molecular complexity index is 1380. The summed E-state index contributed by atoms with van der Waals surface area (Å²) in [4.78, 5) is 47.5. The van der Waals surface area contributed by atoms with Crippen LogP contribution in [-0.2, 0) is 4.79 Å². The number of ether oxygens (including phenoxy) is 3. The first kappa shape index (κ1) is 23.7. The van der Waals surface area contributed by atoms with Gasteiger partial charge in [0.25, 0.3) is 0 Å². The van der Waals surface area contributed by atoms with Gasteiger partial charge in [-0.3, -0.25) is 9.59 Å². The molecule has 0 saturated heterocycles. The predicted molar refractivity (Wildman–Crippen MR) is 117 cm³/mol. The van der Waals surface area contributed by atoms with Crippen LogP contribution in [0.25, 0.3) is 11.0 Å². The molecule has 0 spiro atoms. The van der Waals surface area contributed by atoms with Crippen LogP contribution in [0.15, 0.2) is 51.7 Å². The van der Waals surface area contributed by atoms with Crippen LogP contribution < -0.4 is 19.6 Å². The van der Waals surface area contributed by atoms with E-state index in [1.807, 2.05) is 0 Å².